The Balaban J connectivity index is 2.09. The van der Waals surface area contributed by atoms with E-state index in [9.17, 15) is 4.79 Å². The summed E-state index contributed by atoms with van der Waals surface area (Å²) < 4.78 is 6.26. The topological polar surface area (TPSA) is 64.4 Å². The second kappa shape index (κ2) is 5.51. The van der Waals surface area contributed by atoms with Crippen LogP contribution in [0.3, 0.4) is 0 Å². The Hall–Kier alpha value is -1.07. The lowest BCUT2D eigenvalue weighted by atomic mass is 9.98. The molecule has 1 saturated heterocycles. The van der Waals surface area contributed by atoms with Crippen LogP contribution in [-0.2, 0) is 9.53 Å². The molecular weight excluding hydrogens is 284 g/mol. The predicted octanol–water partition coefficient (Wildman–Crippen LogP) is 1.75. The molecule has 0 radical (unpaired) electrons. The predicted molar refractivity (Wildman–Crippen MR) is 69.7 cm³/mol. The van der Waals surface area contributed by atoms with Gasteiger partial charge in [-0.05, 0) is 24.6 Å². The van der Waals surface area contributed by atoms with Gasteiger partial charge in [0.1, 0.15) is 6.04 Å². The maximum atomic E-state index is 11.5. The first-order chi connectivity index (χ1) is 8.16. The lowest BCUT2D eigenvalue weighted by Gasteiger charge is -2.21. The van der Waals surface area contributed by atoms with Crippen LogP contribution in [0.5, 0.6) is 0 Å². The van der Waals surface area contributed by atoms with Gasteiger partial charge in [0.2, 0.25) is 5.91 Å². The van der Waals surface area contributed by atoms with E-state index in [0.29, 0.717) is 13.2 Å². The molecule has 92 valence electrons. The molecule has 2 unspecified atom stereocenters. The maximum Gasteiger partial charge on any atom is 0.240 e. The second-order valence-electron chi connectivity index (χ2n) is 4.16. The molecule has 1 heterocycles. The summed E-state index contributed by atoms with van der Waals surface area (Å²) in [5, 5.41) is 3.18. The molecule has 4 nitrogen and oxygen atoms in total. The summed E-state index contributed by atoms with van der Waals surface area (Å²) in [5.41, 5.74) is 6.32. The number of rotatable bonds is 4. The Morgan fingerprint density at radius 2 is 2.41 bits per heavy atom. The molecule has 1 aromatic rings. The van der Waals surface area contributed by atoms with E-state index < -0.39 is 0 Å². The van der Waals surface area contributed by atoms with Crippen LogP contribution in [0.15, 0.2) is 28.7 Å². The number of carbonyl (C=O) groups is 1. The van der Waals surface area contributed by atoms with Crippen molar-refractivity contribution in [2.45, 2.75) is 12.5 Å². The highest BCUT2D eigenvalue weighted by Gasteiger charge is 2.29. The molecule has 1 aromatic carbocycles. The highest BCUT2D eigenvalue weighted by Crippen LogP contribution is 2.22. The zero-order valence-corrected chi connectivity index (χ0v) is 10.9. The van der Waals surface area contributed by atoms with E-state index in [1.807, 2.05) is 24.3 Å². The Bertz CT molecular complexity index is 405. The van der Waals surface area contributed by atoms with Gasteiger partial charge in [0.25, 0.3) is 0 Å². The standard InChI is InChI=1S/C12H15BrN2O2/c13-9-2-1-3-10(6-9)15-11(12(14)16)8-4-5-17-7-8/h1-3,6,8,11,15H,4-5,7H2,(H2,14,16). The normalized spacial score (nSPS) is 21.1. The van der Waals surface area contributed by atoms with Crippen molar-refractivity contribution in [2.24, 2.45) is 11.7 Å². The number of nitrogens with one attached hydrogen (secondary N) is 1. The average molecular weight is 299 g/mol. The van der Waals surface area contributed by atoms with Crippen molar-refractivity contribution in [3.8, 4) is 0 Å². The van der Waals surface area contributed by atoms with Gasteiger partial charge >= 0.3 is 0 Å². The minimum Gasteiger partial charge on any atom is -0.381 e. The first-order valence-corrected chi connectivity index (χ1v) is 6.35. The fourth-order valence-corrected chi connectivity index (χ4v) is 2.39. The molecule has 2 rings (SSSR count). The molecule has 1 aliphatic rings. The van der Waals surface area contributed by atoms with E-state index in [-0.39, 0.29) is 17.9 Å². The molecule has 5 heteroatoms. The number of hydrogen-bond acceptors (Lipinski definition) is 3. The van der Waals surface area contributed by atoms with Crippen LogP contribution in [0.1, 0.15) is 6.42 Å². The van der Waals surface area contributed by atoms with Crippen LogP contribution in [0.2, 0.25) is 0 Å². The fraction of sp³-hybridized carbons (Fsp3) is 0.417. The van der Waals surface area contributed by atoms with Gasteiger partial charge in [-0.15, -0.1) is 0 Å². The lowest BCUT2D eigenvalue weighted by molar-refractivity contribution is -0.119. The number of hydrogen-bond donors (Lipinski definition) is 2. The van der Waals surface area contributed by atoms with Crippen LogP contribution in [0.25, 0.3) is 0 Å². The SMILES string of the molecule is NC(=O)C(Nc1cccc(Br)c1)C1CCOC1. The van der Waals surface area contributed by atoms with Crippen LogP contribution in [0.4, 0.5) is 5.69 Å². The van der Waals surface area contributed by atoms with E-state index in [0.717, 1.165) is 16.6 Å². The Kier molecular flexibility index (Phi) is 4.02. The molecule has 1 fully saturated rings. The molecule has 2 atom stereocenters. The molecule has 1 aliphatic heterocycles. The minimum atomic E-state index is -0.369. The number of ether oxygens (including phenoxy) is 1. The smallest absolute Gasteiger partial charge is 0.240 e. The summed E-state index contributed by atoms with van der Waals surface area (Å²) in [6, 6.07) is 7.31. The quantitative estimate of drug-likeness (QED) is 0.890. The zero-order valence-electron chi connectivity index (χ0n) is 9.36. The van der Waals surface area contributed by atoms with Gasteiger partial charge in [-0.1, -0.05) is 22.0 Å². The number of amides is 1. The third kappa shape index (κ3) is 3.20. The zero-order chi connectivity index (χ0) is 12.3. The van der Waals surface area contributed by atoms with Crippen LogP contribution in [0, 0.1) is 5.92 Å². The molecule has 0 saturated carbocycles. The molecule has 17 heavy (non-hydrogen) atoms. The van der Waals surface area contributed by atoms with Gasteiger partial charge in [-0.2, -0.15) is 0 Å². The molecule has 0 aliphatic carbocycles. The molecule has 0 bridgehead atoms. The summed E-state index contributed by atoms with van der Waals surface area (Å²) in [6.07, 6.45) is 0.870. The van der Waals surface area contributed by atoms with Gasteiger partial charge in [0, 0.05) is 22.7 Å². The van der Waals surface area contributed by atoms with E-state index in [4.69, 9.17) is 10.5 Å². The minimum absolute atomic E-state index is 0.159. The summed E-state index contributed by atoms with van der Waals surface area (Å²) in [5.74, 6) is -0.174. The monoisotopic (exact) mass is 298 g/mol. The fourth-order valence-electron chi connectivity index (χ4n) is 1.99. The summed E-state index contributed by atoms with van der Waals surface area (Å²) >= 11 is 3.39. The number of carbonyl (C=O) groups excluding carboxylic acids is 1. The molecule has 3 N–H and O–H groups in total. The highest BCUT2D eigenvalue weighted by atomic mass is 79.9. The largest absolute Gasteiger partial charge is 0.381 e. The van der Waals surface area contributed by atoms with Crippen molar-refractivity contribution in [2.75, 3.05) is 18.5 Å². The number of primary amides is 1. The van der Waals surface area contributed by atoms with Crippen molar-refractivity contribution >= 4 is 27.5 Å². The number of benzene rings is 1. The van der Waals surface area contributed by atoms with Gasteiger partial charge in [-0.25, -0.2) is 0 Å². The summed E-state index contributed by atoms with van der Waals surface area (Å²) in [7, 11) is 0. The van der Waals surface area contributed by atoms with E-state index in [1.165, 1.54) is 0 Å². The van der Waals surface area contributed by atoms with Crippen LogP contribution >= 0.6 is 15.9 Å². The van der Waals surface area contributed by atoms with E-state index in [2.05, 4.69) is 21.2 Å². The van der Waals surface area contributed by atoms with Crippen LogP contribution < -0.4 is 11.1 Å². The van der Waals surface area contributed by atoms with Crippen LogP contribution in [-0.4, -0.2) is 25.2 Å². The van der Waals surface area contributed by atoms with Crippen molar-refractivity contribution in [1.82, 2.24) is 0 Å². The van der Waals surface area contributed by atoms with Gasteiger partial charge < -0.3 is 15.8 Å². The third-order valence-corrected chi connectivity index (χ3v) is 3.38. The average Bonchev–Trinajstić information content (AvgIpc) is 2.78. The maximum absolute atomic E-state index is 11.5. The van der Waals surface area contributed by atoms with Gasteiger partial charge in [0.05, 0.1) is 6.61 Å². The van der Waals surface area contributed by atoms with Gasteiger partial charge in [-0.3, -0.25) is 4.79 Å². The second-order valence-corrected chi connectivity index (χ2v) is 5.07. The van der Waals surface area contributed by atoms with E-state index >= 15 is 0 Å². The first kappa shape index (κ1) is 12.4. The lowest BCUT2D eigenvalue weighted by Crippen LogP contribution is -2.41. The number of anilines is 1. The Morgan fingerprint density at radius 3 is 3.00 bits per heavy atom. The molecule has 0 spiro atoms. The number of halogens is 1. The Labute approximate surface area is 109 Å². The van der Waals surface area contributed by atoms with Crippen molar-refractivity contribution in [1.29, 1.82) is 0 Å². The number of nitrogens with two attached hydrogens (primary N) is 1. The van der Waals surface area contributed by atoms with Crippen molar-refractivity contribution in [3.05, 3.63) is 28.7 Å². The van der Waals surface area contributed by atoms with Gasteiger partial charge in [0.15, 0.2) is 0 Å². The summed E-state index contributed by atoms with van der Waals surface area (Å²) in [6.45, 7) is 1.29. The molecule has 1 amide bonds. The summed E-state index contributed by atoms with van der Waals surface area (Å²) in [4.78, 5) is 11.5. The molecular formula is C12H15BrN2O2. The van der Waals surface area contributed by atoms with Crippen molar-refractivity contribution in [3.63, 3.8) is 0 Å². The van der Waals surface area contributed by atoms with Crippen molar-refractivity contribution < 1.29 is 9.53 Å². The highest BCUT2D eigenvalue weighted by molar-refractivity contribution is 9.10. The molecule has 0 aromatic heterocycles. The Morgan fingerprint density at radius 1 is 1.59 bits per heavy atom. The van der Waals surface area contributed by atoms with E-state index in [1.54, 1.807) is 0 Å². The first-order valence-electron chi connectivity index (χ1n) is 5.56. The third-order valence-electron chi connectivity index (χ3n) is 2.89.